The molecule has 4 rings (SSSR count). The summed E-state index contributed by atoms with van der Waals surface area (Å²) in [5.74, 6) is 1.72. The molecule has 6 heteroatoms. The number of carbonyl (C=O) groups is 1. The van der Waals surface area contributed by atoms with Crippen LogP contribution in [0.3, 0.4) is 0 Å². The zero-order chi connectivity index (χ0) is 19.2. The van der Waals surface area contributed by atoms with E-state index in [0.717, 1.165) is 69.5 Å². The SMILES string of the molecule is O=C(Cc1ccc(CC2CCNC2)cc1)N1CCCN(c2ncccn2)CC1. The molecule has 28 heavy (non-hydrogen) atoms. The van der Waals surface area contributed by atoms with E-state index in [1.807, 2.05) is 11.0 Å². The first kappa shape index (κ1) is 18.9. The Morgan fingerprint density at radius 1 is 1.04 bits per heavy atom. The van der Waals surface area contributed by atoms with Crippen LogP contribution in [-0.2, 0) is 17.6 Å². The highest BCUT2D eigenvalue weighted by atomic mass is 16.2. The van der Waals surface area contributed by atoms with E-state index in [9.17, 15) is 4.79 Å². The van der Waals surface area contributed by atoms with Crippen molar-refractivity contribution in [2.45, 2.75) is 25.7 Å². The fourth-order valence-corrected chi connectivity index (χ4v) is 4.12. The van der Waals surface area contributed by atoms with Crippen molar-refractivity contribution in [3.05, 3.63) is 53.9 Å². The van der Waals surface area contributed by atoms with E-state index in [0.29, 0.717) is 6.42 Å². The zero-order valence-electron chi connectivity index (χ0n) is 16.4. The lowest BCUT2D eigenvalue weighted by Crippen LogP contribution is -2.36. The number of carbonyl (C=O) groups excluding carboxylic acids is 1. The third-order valence-electron chi connectivity index (χ3n) is 5.75. The molecule has 1 aromatic carbocycles. The Balaban J connectivity index is 1.29. The molecule has 0 aliphatic carbocycles. The molecule has 2 saturated heterocycles. The summed E-state index contributed by atoms with van der Waals surface area (Å²) in [7, 11) is 0. The van der Waals surface area contributed by atoms with Crippen LogP contribution in [0.15, 0.2) is 42.7 Å². The molecule has 148 valence electrons. The van der Waals surface area contributed by atoms with E-state index < -0.39 is 0 Å². The maximum atomic E-state index is 12.8. The normalized spacial score (nSPS) is 20.2. The van der Waals surface area contributed by atoms with Gasteiger partial charge < -0.3 is 15.1 Å². The van der Waals surface area contributed by atoms with Crippen LogP contribution in [0, 0.1) is 5.92 Å². The number of benzene rings is 1. The van der Waals surface area contributed by atoms with Gasteiger partial charge in [-0.15, -0.1) is 0 Å². The van der Waals surface area contributed by atoms with Crippen molar-refractivity contribution >= 4 is 11.9 Å². The van der Waals surface area contributed by atoms with Gasteiger partial charge >= 0.3 is 0 Å². The standard InChI is InChI=1S/C22H29N5O/c28-21(16-19-5-3-18(4-6-19)15-20-7-10-23-17-20)26-11-2-12-27(14-13-26)22-24-8-1-9-25-22/h1,3-6,8-9,20,23H,2,7,10-17H2. The third kappa shape index (κ3) is 4.87. The van der Waals surface area contributed by atoms with Gasteiger partial charge in [-0.3, -0.25) is 4.79 Å². The van der Waals surface area contributed by atoms with Gasteiger partial charge in [0.1, 0.15) is 0 Å². The van der Waals surface area contributed by atoms with Crippen LogP contribution in [0.2, 0.25) is 0 Å². The lowest BCUT2D eigenvalue weighted by atomic mass is 9.97. The van der Waals surface area contributed by atoms with E-state index in [4.69, 9.17) is 0 Å². The summed E-state index contributed by atoms with van der Waals surface area (Å²) in [6.45, 7) is 5.46. The molecule has 0 radical (unpaired) electrons. The predicted molar refractivity (Wildman–Crippen MR) is 110 cm³/mol. The summed E-state index contributed by atoms with van der Waals surface area (Å²) in [4.78, 5) is 25.6. The molecule has 0 bridgehead atoms. The molecule has 2 aliphatic rings. The fraction of sp³-hybridized carbons (Fsp3) is 0.500. The fourth-order valence-electron chi connectivity index (χ4n) is 4.12. The Kier molecular flexibility index (Phi) is 6.17. The smallest absolute Gasteiger partial charge is 0.227 e. The number of hydrogen-bond acceptors (Lipinski definition) is 5. The first-order chi connectivity index (χ1) is 13.8. The van der Waals surface area contributed by atoms with Gasteiger partial charge in [0.05, 0.1) is 6.42 Å². The maximum Gasteiger partial charge on any atom is 0.227 e. The van der Waals surface area contributed by atoms with Gasteiger partial charge in [-0.25, -0.2) is 9.97 Å². The van der Waals surface area contributed by atoms with Crippen molar-refractivity contribution in [2.75, 3.05) is 44.2 Å². The van der Waals surface area contributed by atoms with Crippen LogP contribution < -0.4 is 10.2 Å². The van der Waals surface area contributed by atoms with Gasteiger partial charge in [0.2, 0.25) is 11.9 Å². The van der Waals surface area contributed by atoms with E-state index in [1.54, 1.807) is 12.4 Å². The van der Waals surface area contributed by atoms with Crippen LogP contribution in [0.25, 0.3) is 0 Å². The monoisotopic (exact) mass is 379 g/mol. The molecular weight excluding hydrogens is 350 g/mol. The van der Waals surface area contributed by atoms with Crippen molar-refractivity contribution in [2.24, 2.45) is 5.92 Å². The Morgan fingerprint density at radius 3 is 2.57 bits per heavy atom. The number of aromatic nitrogens is 2. The van der Waals surface area contributed by atoms with Gasteiger partial charge in [0.15, 0.2) is 0 Å². The maximum absolute atomic E-state index is 12.8. The number of amides is 1. The van der Waals surface area contributed by atoms with Crippen LogP contribution in [0.1, 0.15) is 24.0 Å². The Hall–Kier alpha value is -2.47. The molecule has 1 aromatic heterocycles. The predicted octanol–water partition coefficient (Wildman–Crippen LogP) is 1.91. The summed E-state index contributed by atoms with van der Waals surface area (Å²) in [6.07, 6.45) is 7.35. The number of anilines is 1. The minimum atomic E-state index is 0.212. The molecule has 1 atom stereocenters. The number of nitrogens with zero attached hydrogens (tertiary/aromatic N) is 4. The largest absolute Gasteiger partial charge is 0.341 e. The van der Waals surface area contributed by atoms with Gasteiger partial charge in [0, 0.05) is 38.6 Å². The first-order valence-corrected chi connectivity index (χ1v) is 10.4. The topological polar surface area (TPSA) is 61.4 Å². The molecule has 2 aromatic rings. The molecule has 6 nitrogen and oxygen atoms in total. The molecule has 3 heterocycles. The molecule has 1 amide bonds. The second-order valence-electron chi connectivity index (χ2n) is 7.83. The minimum Gasteiger partial charge on any atom is -0.341 e. The molecule has 2 aliphatic heterocycles. The summed E-state index contributed by atoms with van der Waals surface area (Å²) >= 11 is 0. The molecule has 1 N–H and O–H groups in total. The second-order valence-corrected chi connectivity index (χ2v) is 7.83. The van der Waals surface area contributed by atoms with Crippen LogP contribution >= 0.6 is 0 Å². The number of rotatable bonds is 5. The average Bonchev–Trinajstić information content (AvgIpc) is 3.11. The third-order valence-corrected chi connectivity index (χ3v) is 5.75. The van der Waals surface area contributed by atoms with Gasteiger partial charge in [-0.05, 0) is 55.5 Å². The summed E-state index contributed by atoms with van der Waals surface area (Å²) in [5, 5.41) is 3.42. The minimum absolute atomic E-state index is 0.212. The van der Waals surface area contributed by atoms with E-state index in [-0.39, 0.29) is 5.91 Å². The average molecular weight is 380 g/mol. The zero-order valence-corrected chi connectivity index (χ0v) is 16.4. The summed E-state index contributed by atoms with van der Waals surface area (Å²) < 4.78 is 0. The van der Waals surface area contributed by atoms with Crippen molar-refractivity contribution in [1.82, 2.24) is 20.2 Å². The van der Waals surface area contributed by atoms with Crippen LogP contribution in [-0.4, -0.2) is 60.0 Å². The van der Waals surface area contributed by atoms with Crippen molar-refractivity contribution in [3.63, 3.8) is 0 Å². The number of hydrogen-bond donors (Lipinski definition) is 1. The molecule has 1 unspecified atom stereocenters. The lowest BCUT2D eigenvalue weighted by Gasteiger charge is -2.22. The van der Waals surface area contributed by atoms with Gasteiger partial charge in [-0.2, -0.15) is 0 Å². The highest BCUT2D eigenvalue weighted by molar-refractivity contribution is 5.78. The molecular formula is C22H29N5O. The van der Waals surface area contributed by atoms with Gasteiger partial charge in [0.25, 0.3) is 0 Å². The highest BCUT2D eigenvalue weighted by Gasteiger charge is 2.20. The summed E-state index contributed by atoms with van der Waals surface area (Å²) in [5.41, 5.74) is 2.48. The quantitative estimate of drug-likeness (QED) is 0.860. The molecule has 0 saturated carbocycles. The van der Waals surface area contributed by atoms with Crippen LogP contribution in [0.5, 0.6) is 0 Å². The highest BCUT2D eigenvalue weighted by Crippen LogP contribution is 2.17. The second kappa shape index (κ2) is 9.15. The lowest BCUT2D eigenvalue weighted by molar-refractivity contribution is -0.130. The Labute approximate surface area is 167 Å². The Bertz CT molecular complexity index is 758. The molecule has 2 fully saturated rings. The van der Waals surface area contributed by atoms with Gasteiger partial charge in [-0.1, -0.05) is 24.3 Å². The van der Waals surface area contributed by atoms with Crippen LogP contribution in [0.4, 0.5) is 5.95 Å². The van der Waals surface area contributed by atoms with Crippen molar-refractivity contribution < 1.29 is 4.79 Å². The first-order valence-electron chi connectivity index (χ1n) is 10.4. The Morgan fingerprint density at radius 2 is 1.82 bits per heavy atom. The van der Waals surface area contributed by atoms with E-state index >= 15 is 0 Å². The van der Waals surface area contributed by atoms with Crippen molar-refractivity contribution in [3.8, 4) is 0 Å². The van der Waals surface area contributed by atoms with Crippen molar-refractivity contribution in [1.29, 1.82) is 0 Å². The van der Waals surface area contributed by atoms with E-state index in [1.165, 1.54) is 12.0 Å². The summed E-state index contributed by atoms with van der Waals surface area (Å²) in [6, 6.07) is 10.5. The number of nitrogens with one attached hydrogen (secondary N) is 1. The molecule has 0 spiro atoms. The van der Waals surface area contributed by atoms with E-state index in [2.05, 4.69) is 44.5 Å².